The number of halogens is 1. The number of nitriles is 1. The summed E-state index contributed by atoms with van der Waals surface area (Å²) in [4.78, 5) is 12.2. The molecule has 0 aromatic heterocycles. The van der Waals surface area contributed by atoms with Gasteiger partial charge in [-0.05, 0) is 30.7 Å². The van der Waals surface area contributed by atoms with Crippen molar-refractivity contribution in [2.75, 3.05) is 6.61 Å². The van der Waals surface area contributed by atoms with Gasteiger partial charge in [-0.1, -0.05) is 32.4 Å². The molecular formula is C16H18ClNO3. The molecule has 0 unspecified atom stereocenters. The van der Waals surface area contributed by atoms with Crippen molar-refractivity contribution in [3.05, 3.63) is 28.3 Å². The highest BCUT2D eigenvalue weighted by atomic mass is 35.5. The molecule has 21 heavy (non-hydrogen) atoms. The zero-order valence-corrected chi connectivity index (χ0v) is 13.3. The number of rotatable bonds is 4. The van der Waals surface area contributed by atoms with Crippen LogP contribution >= 0.6 is 11.6 Å². The van der Waals surface area contributed by atoms with Crippen LogP contribution in [-0.4, -0.2) is 17.5 Å². The maximum absolute atomic E-state index is 12.2. The Morgan fingerprint density at radius 2 is 2.10 bits per heavy atom. The Labute approximate surface area is 129 Å². The summed E-state index contributed by atoms with van der Waals surface area (Å²) >= 11 is 5.92. The van der Waals surface area contributed by atoms with Gasteiger partial charge in [0.1, 0.15) is 6.07 Å². The van der Waals surface area contributed by atoms with Crippen molar-refractivity contribution >= 4 is 23.5 Å². The van der Waals surface area contributed by atoms with E-state index in [2.05, 4.69) is 0 Å². The molecule has 5 heteroatoms. The van der Waals surface area contributed by atoms with Gasteiger partial charge in [0.05, 0.1) is 17.2 Å². The number of aromatic hydroxyl groups is 1. The third kappa shape index (κ3) is 4.24. The first kappa shape index (κ1) is 17.1. The zero-order valence-electron chi connectivity index (χ0n) is 12.5. The fourth-order valence-electron chi connectivity index (χ4n) is 1.66. The molecule has 1 aromatic rings. The molecule has 0 heterocycles. The summed E-state index contributed by atoms with van der Waals surface area (Å²) < 4.78 is 5.27. The Balaban J connectivity index is 3.31. The maximum atomic E-state index is 12.2. The molecule has 1 aromatic carbocycles. The summed E-state index contributed by atoms with van der Waals surface area (Å²) in [5.41, 5.74) is -0.0903. The number of hydrogen-bond acceptors (Lipinski definition) is 4. The molecule has 0 aliphatic carbocycles. The molecule has 112 valence electrons. The molecule has 0 atom stereocenters. The van der Waals surface area contributed by atoms with Gasteiger partial charge >= 0.3 is 0 Å². The first-order chi connectivity index (χ1) is 9.70. The van der Waals surface area contributed by atoms with E-state index in [1.54, 1.807) is 27.7 Å². The van der Waals surface area contributed by atoms with Crippen molar-refractivity contribution in [3.8, 4) is 17.6 Å². The number of nitrogens with zero attached hydrogens (tertiary/aromatic N) is 1. The van der Waals surface area contributed by atoms with E-state index in [4.69, 9.17) is 21.6 Å². The number of ketones is 1. The average Bonchev–Trinajstić information content (AvgIpc) is 2.40. The Morgan fingerprint density at radius 1 is 1.48 bits per heavy atom. The number of benzene rings is 1. The lowest BCUT2D eigenvalue weighted by molar-refractivity contribution is -0.121. The van der Waals surface area contributed by atoms with Crippen LogP contribution in [0, 0.1) is 16.7 Å². The van der Waals surface area contributed by atoms with Crippen LogP contribution in [-0.2, 0) is 4.79 Å². The van der Waals surface area contributed by atoms with Crippen molar-refractivity contribution in [1.29, 1.82) is 5.26 Å². The van der Waals surface area contributed by atoms with E-state index in [9.17, 15) is 9.90 Å². The molecule has 0 radical (unpaired) electrons. The van der Waals surface area contributed by atoms with Crippen molar-refractivity contribution < 1.29 is 14.6 Å². The Kier molecular flexibility index (Phi) is 5.40. The Bertz CT molecular complexity index is 622. The van der Waals surface area contributed by atoms with Crippen LogP contribution in [0.25, 0.3) is 6.08 Å². The lowest BCUT2D eigenvalue weighted by Gasteiger charge is -2.15. The number of hydrogen-bond donors (Lipinski definition) is 1. The van der Waals surface area contributed by atoms with Crippen LogP contribution in [0.15, 0.2) is 17.7 Å². The topological polar surface area (TPSA) is 70.3 Å². The fourth-order valence-corrected chi connectivity index (χ4v) is 1.88. The summed E-state index contributed by atoms with van der Waals surface area (Å²) in [6, 6.07) is 4.93. The van der Waals surface area contributed by atoms with Gasteiger partial charge in [0.25, 0.3) is 0 Å². The van der Waals surface area contributed by atoms with Gasteiger partial charge in [-0.3, -0.25) is 4.79 Å². The quantitative estimate of drug-likeness (QED) is 0.675. The third-order valence-corrected chi connectivity index (χ3v) is 3.00. The number of carbonyl (C=O) groups excluding carboxylic acids is 1. The van der Waals surface area contributed by atoms with Crippen molar-refractivity contribution in [2.24, 2.45) is 5.41 Å². The van der Waals surface area contributed by atoms with Crippen molar-refractivity contribution in [2.45, 2.75) is 27.7 Å². The minimum absolute atomic E-state index is 0.0340. The predicted octanol–water partition coefficient (Wildman–Crippen LogP) is 3.97. The first-order valence-corrected chi connectivity index (χ1v) is 6.90. The van der Waals surface area contributed by atoms with E-state index < -0.39 is 5.41 Å². The van der Waals surface area contributed by atoms with Gasteiger partial charge in [-0.25, -0.2) is 0 Å². The van der Waals surface area contributed by atoms with Crippen molar-refractivity contribution in [3.63, 3.8) is 0 Å². The highest BCUT2D eigenvalue weighted by Gasteiger charge is 2.25. The predicted molar refractivity (Wildman–Crippen MR) is 82.3 cm³/mol. The lowest BCUT2D eigenvalue weighted by atomic mass is 9.86. The summed E-state index contributed by atoms with van der Waals surface area (Å²) in [7, 11) is 0. The molecule has 0 fully saturated rings. The van der Waals surface area contributed by atoms with Gasteiger partial charge in [-0.2, -0.15) is 5.26 Å². The molecule has 1 rings (SSSR count). The number of Topliss-reactive ketones (excluding diaryl/α,β-unsaturated/α-hetero) is 1. The molecule has 0 bridgehead atoms. The summed E-state index contributed by atoms with van der Waals surface area (Å²) in [5, 5.41) is 19.0. The van der Waals surface area contributed by atoms with E-state index in [1.807, 2.05) is 6.07 Å². The SMILES string of the molecule is CCOc1cc(/C=C(\C#N)C(=O)C(C)(C)C)cc(Cl)c1O. The standard InChI is InChI=1S/C16H18ClNO3/c1-5-21-13-8-10(7-12(17)14(13)19)6-11(9-18)15(20)16(2,3)4/h6-8,19H,5H2,1-4H3/b11-6+. The van der Waals surface area contributed by atoms with Crippen LogP contribution in [0.5, 0.6) is 11.5 Å². The first-order valence-electron chi connectivity index (χ1n) is 6.52. The van der Waals surface area contributed by atoms with Crippen LogP contribution in [0.3, 0.4) is 0 Å². The lowest BCUT2D eigenvalue weighted by Crippen LogP contribution is -2.21. The molecular weight excluding hydrogens is 290 g/mol. The van der Waals surface area contributed by atoms with Gasteiger partial charge in [0.15, 0.2) is 17.3 Å². The highest BCUT2D eigenvalue weighted by molar-refractivity contribution is 6.32. The minimum atomic E-state index is -0.648. The fraction of sp³-hybridized carbons (Fsp3) is 0.375. The molecule has 0 spiro atoms. The van der Waals surface area contributed by atoms with Gasteiger partial charge in [-0.15, -0.1) is 0 Å². The molecule has 0 aliphatic heterocycles. The summed E-state index contributed by atoms with van der Waals surface area (Å²) in [6.45, 7) is 7.38. The molecule has 4 nitrogen and oxygen atoms in total. The normalized spacial score (nSPS) is 11.9. The third-order valence-electron chi connectivity index (χ3n) is 2.71. The number of carbonyl (C=O) groups is 1. The van der Waals surface area contributed by atoms with Crippen LogP contribution in [0.4, 0.5) is 0 Å². The van der Waals surface area contributed by atoms with Crippen LogP contribution in [0.1, 0.15) is 33.3 Å². The van der Waals surface area contributed by atoms with E-state index in [-0.39, 0.29) is 27.9 Å². The summed E-state index contributed by atoms with van der Waals surface area (Å²) in [5.74, 6) is -0.194. The molecule has 0 amide bonds. The number of phenolic OH excluding ortho intramolecular Hbond substituents is 1. The number of allylic oxidation sites excluding steroid dienone is 1. The Morgan fingerprint density at radius 3 is 2.57 bits per heavy atom. The molecule has 0 saturated heterocycles. The minimum Gasteiger partial charge on any atom is -0.503 e. The van der Waals surface area contributed by atoms with E-state index in [1.165, 1.54) is 18.2 Å². The monoisotopic (exact) mass is 307 g/mol. The average molecular weight is 308 g/mol. The Hall–Kier alpha value is -1.99. The second-order valence-corrected chi connectivity index (χ2v) is 5.94. The number of ether oxygens (including phenoxy) is 1. The summed E-state index contributed by atoms with van der Waals surface area (Å²) in [6.07, 6.45) is 1.45. The van der Waals surface area contributed by atoms with Crippen molar-refractivity contribution in [1.82, 2.24) is 0 Å². The van der Waals surface area contributed by atoms with E-state index in [0.29, 0.717) is 12.2 Å². The van der Waals surface area contributed by atoms with E-state index >= 15 is 0 Å². The van der Waals surface area contributed by atoms with Gasteiger partial charge in [0.2, 0.25) is 0 Å². The second kappa shape index (κ2) is 6.64. The van der Waals surface area contributed by atoms with Crippen LogP contribution < -0.4 is 4.74 Å². The molecule has 0 aliphatic rings. The van der Waals surface area contributed by atoms with Gasteiger partial charge < -0.3 is 9.84 Å². The van der Waals surface area contributed by atoms with Crippen LogP contribution in [0.2, 0.25) is 5.02 Å². The van der Waals surface area contributed by atoms with Gasteiger partial charge in [0, 0.05) is 5.41 Å². The largest absolute Gasteiger partial charge is 0.503 e. The highest BCUT2D eigenvalue weighted by Crippen LogP contribution is 2.36. The zero-order chi connectivity index (χ0) is 16.2. The molecule has 0 saturated carbocycles. The molecule has 1 N–H and O–H groups in total. The number of phenols is 1. The maximum Gasteiger partial charge on any atom is 0.178 e. The smallest absolute Gasteiger partial charge is 0.178 e. The van der Waals surface area contributed by atoms with E-state index in [0.717, 1.165) is 0 Å². The second-order valence-electron chi connectivity index (χ2n) is 5.53.